The zero-order chi connectivity index (χ0) is 13.1. The van der Waals surface area contributed by atoms with Gasteiger partial charge in [-0.1, -0.05) is 0 Å². The summed E-state index contributed by atoms with van der Waals surface area (Å²) in [6, 6.07) is 4.84. The van der Waals surface area contributed by atoms with Crippen LogP contribution < -0.4 is 16.0 Å². The van der Waals surface area contributed by atoms with Crippen LogP contribution in [0.4, 0.5) is 16.2 Å². The number of nitrogens with two attached hydrogens (primary N) is 1. The van der Waals surface area contributed by atoms with E-state index in [4.69, 9.17) is 5.73 Å². The van der Waals surface area contributed by atoms with E-state index in [2.05, 4.69) is 5.32 Å². The summed E-state index contributed by atoms with van der Waals surface area (Å²) in [6.07, 6.45) is 2.61. The van der Waals surface area contributed by atoms with Crippen LogP contribution in [-0.4, -0.2) is 18.5 Å². The molecule has 1 fully saturated rings. The van der Waals surface area contributed by atoms with Gasteiger partial charge in [0, 0.05) is 24.3 Å². The SMILES string of the molecule is Cc1cc(NC(N)=O)ccc1N1CCCCC1=O. The van der Waals surface area contributed by atoms with Crippen molar-refractivity contribution in [3.8, 4) is 0 Å². The van der Waals surface area contributed by atoms with Gasteiger partial charge in [0.25, 0.3) is 0 Å². The molecular formula is C13H17N3O2. The lowest BCUT2D eigenvalue weighted by Crippen LogP contribution is -2.35. The molecule has 0 spiro atoms. The quantitative estimate of drug-likeness (QED) is 0.838. The van der Waals surface area contributed by atoms with Crippen molar-refractivity contribution < 1.29 is 9.59 Å². The van der Waals surface area contributed by atoms with Gasteiger partial charge in [0.05, 0.1) is 0 Å². The number of rotatable bonds is 2. The van der Waals surface area contributed by atoms with Crippen molar-refractivity contribution in [2.75, 3.05) is 16.8 Å². The number of carbonyl (C=O) groups excluding carboxylic acids is 2. The number of amides is 3. The van der Waals surface area contributed by atoms with Crippen LogP contribution in [0.3, 0.4) is 0 Å². The molecule has 1 heterocycles. The standard InChI is InChI=1S/C13H17N3O2/c1-9-8-10(15-13(14)18)5-6-11(9)16-7-3-2-4-12(16)17/h5-6,8H,2-4,7H2,1H3,(H3,14,15,18). The van der Waals surface area contributed by atoms with E-state index in [1.165, 1.54) is 0 Å². The van der Waals surface area contributed by atoms with Crippen LogP contribution in [0.1, 0.15) is 24.8 Å². The Morgan fingerprint density at radius 1 is 1.39 bits per heavy atom. The summed E-state index contributed by atoms with van der Waals surface area (Å²) in [6.45, 7) is 2.69. The fraction of sp³-hybridized carbons (Fsp3) is 0.385. The van der Waals surface area contributed by atoms with Crippen LogP contribution in [0.5, 0.6) is 0 Å². The number of nitrogens with zero attached hydrogens (tertiary/aromatic N) is 1. The molecular weight excluding hydrogens is 230 g/mol. The molecule has 5 nitrogen and oxygen atoms in total. The maximum atomic E-state index is 11.8. The highest BCUT2D eigenvalue weighted by Gasteiger charge is 2.20. The number of nitrogens with one attached hydrogen (secondary N) is 1. The Morgan fingerprint density at radius 2 is 2.17 bits per heavy atom. The molecule has 5 heteroatoms. The summed E-state index contributed by atoms with van der Waals surface area (Å²) >= 11 is 0. The van der Waals surface area contributed by atoms with Gasteiger partial charge in [0.15, 0.2) is 0 Å². The topological polar surface area (TPSA) is 75.4 Å². The molecule has 0 aromatic heterocycles. The van der Waals surface area contributed by atoms with E-state index in [0.29, 0.717) is 12.1 Å². The van der Waals surface area contributed by atoms with Crippen LogP contribution in [-0.2, 0) is 4.79 Å². The molecule has 1 saturated heterocycles. The van der Waals surface area contributed by atoms with Crippen LogP contribution >= 0.6 is 0 Å². The van der Waals surface area contributed by atoms with Crippen LogP contribution in [0, 0.1) is 6.92 Å². The predicted molar refractivity (Wildman–Crippen MR) is 70.6 cm³/mol. The van der Waals surface area contributed by atoms with E-state index in [0.717, 1.165) is 30.6 Å². The first-order valence-electron chi connectivity index (χ1n) is 6.05. The average Bonchev–Trinajstić information content (AvgIpc) is 2.30. The number of aryl methyl sites for hydroxylation is 1. The number of benzene rings is 1. The van der Waals surface area contributed by atoms with Crippen molar-refractivity contribution in [2.24, 2.45) is 5.73 Å². The molecule has 2 rings (SSSR count). The van der Waals surface area contributed by atoms with Crippen molar-refractivity contribution in [3.05, 3.63) is 23.8 Å². The van der Waals surface area contributed by atoms with E-state index < -0.39 is 6.03 Å². The number of urea groups is 1. The molecule has 0 atom stereocenters. The monoisotopic (exact) mass is 247 g/mol. The van der Waals surface area contributed by atoms with Crippen molar-refractivity contribution in [3.63, 3.8) is 0 Å². The van der Waals surface area contributed by atoms with Gasteiger partial charge in [-0.2, -0.15) is 0 Å². The van der Waals surface area contributed by atoms with Crippen LogP contribution in [0.15, 0.2) is 18.2 Å². The molecule has 1 aromatic carbocycles. The molecule has 0 unspecified atom stereocenters. The number of primary amides is 1. The fourth-order valence-electron chi connectivity index (χ4n) is 2.24. The molecule has 18 heavy (non-hydrogen) atoms. The Hall–Kier alpha value is -2.04. The van der Waals surface area contributed by atoms with E-state index in [-0.39, 0.29) is 5.91 Å². The Balaban J connectivity index is 2.23. The summed E-state index contributed by atoms with van der Waals surface area (Å²) < 4.78 is 0. The number of anilines is 2. The highest BCUT2D eigenvalue weighted by Crippen LogP contribution is 2.26. The average molecular weight is 247 g/mol. The summed E-state index contributed by atoms with van der Waals surface area (Å²) in [5, 5.41) is 2.52. The zero-order valence-electron chi connectivity index (χ0n) is 10.4. The summed E-state index contributed by atoms with van der Waals surface area (Å²) in [4.78, 5) is 24.4. The van der Waals surface area contributed by atoms with Crippen LogP contribution in [0.25, 0.3) is 0 Å². The third-order valence-corrected chi connectivity index (χ3v) is 3.08. The lowest BCUT2D eigenvalue weighted by atomic mass is 10.1. The number of hydrogen-bond acceptors (Lipinski definition) is 2. The second-order valence-electron chi connectivity index (χ2n) is 4.49. The molecule has 3 N–H and O–H groups in total. The Kier molecular flexibility index (Phi) is 3.50. The van der Waals surface area contributed by atoms with Gasteiger partial charge in [-0.25, -0.2) is 4.79 Å². The lowest BCUT2D eigenvalue weighted by molar-refractivity contribution is -0.119. The second-order valence-corrected chi connectivity index (χ2v) is 4.49. The van der Waals surface area contributed by atoms with Gasteiger partial charge in [-0.15, -0.1) is 0 Å². The Morgan fingerprint density at radius 3 is 2.78 bits per heavy atom. The molecule has 0 bridgehead atoms. The highest BCUT2D eigenvalue weighted by molar-refractivity contribution is 5.95. The second kappa shape index (κ2) is 5.08. The number of piperidine rings is 1. The largest absolute Gasteiger partial charge is 0.351 e. The molecule has 3 amide bonds. The van der Waals surface area contributed by atoms with Crippen LogP contribution in [0.2, 0.25) is 0 Å². The highest BCUT2D eigenvalue weighted by atomic mass is 16.2. The molecule has 1 aromatic rings. The van der Waals surface area contributed by atoms with E-state index >= 15 is 0 Å². The maximum absolute atomic E-state index is 11.8. The van der Waals surface area contributed by atoms with Gasteiger partial charge in [-0.3, -0.25) is 4.79 Å². The zero-order valence-corrected chi connectivity index (χ0v) is 10.4. The normalized spacial score (nSPS) is 15.6. The summed E-state index contributed by atoms with van der Waals surface area (Å²) in [7, 11) is 0. The van der Waals surface area contributed by atoms with E-state index in [9.17, 15) is 9.59 Å². The Bertz CT molecular complexity index is 485. The molecule has 1 aliphatic heterocycles. The van der Waals surface area contributed by atoms with Crippen molar-refractivity contribution >= 4 is 23.3 Å². The minimum atomic E-state index is -0.587. The first-order valence-corrected chi connectivity index (χ1v) is 6.05. The minimum Gasteiger partial charge on any atom is -0.351 e. The van der Waals surface area contributed by atoms with Gasteiger partial charge >= 0.3 is 6.03 Å². The smallest absolute Gasteiger partial charge is 0.316 e. The third kappa shape index (κ3) is 2.61. The van der Waals surface area contributed by atoms with Crippen molar-refractivity contribution in [1.82, 2.24) is 0 Å². The summed E-state index contributed by atoms with van der Waals surface area (Å²) in [5.74, 6) is 0.167. The molecule has 0 saturated carbocycles. The molecule has 0 radical (unpaired) electrons. The number of carbonyl (C=O) groups is 2. The van der Waals surface area contributed by atoms with Crippen molar-refractivity contribution in [2.45, 2.75) is 26.2 Å². The van der Waals surface area contributed by atoms with Gasteiger partial charge in [-0.05, 0) is 43.5 Å². The maximum Gasteiger partial charge on any atom is 0.316 e. The summed E-state index contributed by atoms with van der Waals surface area (Å²) in [5.41, 5.74) is 7.58. The van der Waals surface area contributed by atoms with Gasteiger partial charge in [0.2, 0.25) is 5.91 Å². The van der Waals surface area contributed by atoms with Gasteiger partial charge in [0.1, 0.15) is 0 Å². The number of hydrogen-bond donors (Lipinski definition) is 2. The van der Waals surface area contributed by atoms with E-state index in [1.54, 1.807) is 6.07 Å². The first-order chi connectivity index (χ1) is 8.58. The lowest BCUT2D eigenvalue weighted by Gasteiger charge is -2.28. The van der Waals surface area contributed by atoms with E-state index in [1.807, 2.05) is 24.0 Å². The first kappa shape index (κ1) is 12.4. The predicted octanol–water partition coefficient (Wildman–Crippen LogP) is 2.00. The molecule has 96 valence electrons. The third-order valence-electron chi connectivity index (χ3n) is 3.08. The Labute approximate surface area is 106 Å². The molecule has 0 aliphatic carbocycles. The molecule has 1 aliphatic rings. The van der Waals surface area contributed by atoms with Gasteiger partial charge < -0.3 is 16.0 Å². The fourth-order valence-corrected chi connectivity index (χ4v) is 2.24. The van der Waals surface area contributed by atoms with Crippen molar-refractivity contribution in [1.29, 1.82) is 0 Å². The minimum absolute atomic E-state index is 0.167.